The number of anilines is 1. The Kier molecular flexibility index (Phi) is 4.78. The summed E-state index contributed by atoms with van der Waals surface area (Å²) in [5, 5.41) is 0.294. The van der Waals surface area contributed by atoms with Crippen molar-refractivity contribution in [1.29, 1.82) is 0 Å². The SMILES string of the molecule is Cc1cc(N2CCN(C(C)c3ccc(F)cc3)CC2)nc(Cl)n1. The largest absolute Gasteiger partial charge is 0.354 e. The maximum absolute atomic E-state index is 13.1. The van der Waals surface area contributed by atoms with E-state index in [1.165, 1.54) is 12.1 Å². The molecule has 1 saturated heterocycles. The van der Waals surface area contributed by atoms with Crippen molar-refractivity contribution in [3.8, 4) is 0 Å². The molecule has 2 aromatic rings. The van der Waals surface area contributed by atoms with Crippen LogP contribution in [0.3, 0.4) is 0 Å². The van der Waals surface area contributed by atoms with Gasteiger partial charge in [0.1, 0.15) is 11.6 Å². The molecule has 0 aliphatic carbocycles. The van der Waals surface area contributed by atoms with E-state index >= 15 is 0 Å². The van der Waals surface area contributed by atoms with E-state index in [9.17, 15) is 4.39 Å². The standard InChI is InChI=1S/C17H20ClFN4/c1-12-11-16(21-17(18)20-12)23-9-7-22(8-10-23)13(2)14-3-5-15(19)6-4-14/h3-6,11,13H,7-10H2,1-2H3. The topological polar surface area (TPSA) is 32.3 Å². The Morgan fingerprint density at radius 1 is 1.09 bits per heavy atom. The Hall–Kier alpha value is -1.72. The minimum absolute atomic E-state index is 0.193. The molecule has 3 rings (SSSR count). The Morgan fingerprint density at radius 2 is 1.74 bits per heavy atom. The number of nitrogens with zero attached hydrogens (tertiary/aromatic N) is 4. The Balaban J connectivity index is 1.64. The zero-order valence-corrected chi connectivity index (χ0v) is 14.1. The molecule has 6 heteroatoms. The van der Waals surface area contributed by atoms with Crippen LogP contribution in [0.5, 0.6) is 0 Å². The van der Waals surface area contributed by atoms with Crippen molar-refractivity contribution in [2.75, 3.05) is 31.1 Å². The molecule has 0 amide bonds. The van der Waals surface area contributed by atoms with E-state index in [0.29, 0.717) is 5.28 Å². The quantitative estimate of drug-likeness (QED) is 0.805. The highest BCUT2D eigenvalue weighted by atomic mass is 35.5. The zero-order valence-electron chi connectivity index (χ0n) is 13.3. The van der Waals surface area contributed by atoms with Gasteiger partial charge < -0.3 is 4.90 Å². The van der Waals surface area contributed by atoms with E-state index in [1.807, 2.05) is 25.1 Å². The van der Waals surface area contributed by atoms with E-state index < -0.39 is 0 Å². The summed E-state index contributed by atoms with van der Waals surface area (Å²) in [7, 11) is 0. The summed E-state index contributed by atoms with van der Waals surface area (Å²) in [5.74, 6) is 0.693. The zero-order chi connectivity index (χ0) is 16.4. The molecule has 4 nitrogen and oxygen atoms in total. The van der Waals surface area contributed by atoms with Gasteiger partial charge in [-0.15, -0.1) is 0 Å². The van der Waals surface area contributed by atoms with Crippen LogP contribution in [0.1, 0.15) is 24.2 Å². The first-order chi connectivity index (χ1) is 11.0. The number of hydrogen-bond acceptors (Lipinski definition) is 4. The van der Waals surface area contributed by atoms with E-state index in [2.05, 4.69) is 26.7 Å². The lowest BCUT2D eigenvalue weighted by molar-refractivity contribution is 0.198. The minimum Gasteiger partial charge on any atom is -0.354 e. The average molecular weight is 335 g/mol. The second kappa shape index (κ2) is 6.81. The minimum atomic E-state index is -0.193. The Labute approximate surface area is 140 Å². The molecule has 1 aromatic carbocycles. The maximum Gasteiger partial charge on any atom is 0.224 e. The first-order valence-electron chi connectivity index (χ1n) is 7.78. The summed E-state index contributed by atoms with van der Waals surface area (Å²) in [6.07, 6.45) is 0. The van der Waals surface area contributed by atoms with Crippen LogP contribution >= 0.6 is 11.6 Å². The molecule has 23 heavy (non-hydrogen) atoms. The summed E-state index contributed by atoms with van der Waals surface area (Å²) in [5.41, 5.74) is 2.02. The molecular formula is C17H20ClFN4. The first-order valence-corrected chi connectivity index (χ1v) is 8.16. The lowest BCUT2D eigenvalue weighted by Gasteiger charge is -2.38. The third-order valence-corrected chi connectivity index (χ3v) is 4.52. The number of rotatable bonds is 3. The number of halogens is 2. The molecule has 1 aromatic heterocycles. The molecule has 2 heterocycles. The van der Waals surface area contributed by atoms with Crippen LogP contribution in [-0.4, -0.2) is 41.0 Å². The van der Waals surface area contributed by atoms with Crippen LogP contribution < -0.4 is 4.90 Å². The van der Waals surface area contributed by atoms with Crippen LogP contribution in [0, 0.1) is 12.7 Å². The van der Waals surface area contributed by atoms with Crippen molar-refractivity contribution in [3.63, 3.8) is 0 Å². The monoisotopic (exact) mass is 334 g/mol. The first kappa shape index (κ1) is 16.1. The molecule has 1 aliphatic rings. The van der Waals surface area contributed by atoms with E-state index in [-0.39, 0.29) is 11.9 Å². The second-order valence-corrected chi connectivity index (χ2v) is 6.23. The molecule has 0 saturated carbocycles. The lowest BCUT2D eigenvalue weighted by Crippen LogP contribution is -2.47. The number of benzene rings is 1. The normalized spacial score (nSPS) is 17.3. The highest BCUT2D eigenvalue weighted by Crippen LogP contribution is 2.24. The van der Waals surface area contributed by atoms with Crippen molar-refractivity contribution < 1.29 is 4.39 Å². The molecule has 1 atom stereocenters. The number of aryl methyl sites for hydroxylation is 1. The predicted octanol–water partition coefficient (Wildman–Crippen LogP) is 3.46. The molecule has 0 radical (unpaired) electrons. The lowest BCUT2D eigenvalue weighted by atomic mass is 10.1. The molecule has 1 aliphatic heterocycles. The highest BCUT2D eigenvalue weighted by Gasteiger charge is 2.23. The summed E-state index contributed by atoms with van der Waals surface area (Å²) >= 11 is 5.95. The third-order valence-electron chi connectivity index (χ3n) is 4.35. The van der Waals surface area contributed by atoms with Gasteiger partial charge in [0.25, 0.3) is 0 Å². The predicted molar refractivity (Wildman–Crippen MR) is 90.4 cm³/mol. The highest BCUT2D eigenvalue weighted by molar-refractivity contribution is 6.28. The van der Waals surface area contributed by atoms with Crippen molar-refractivity contribution >= 4 is 17.4 Å². The van der Waals surface area contributed by atoms with Gasteiger partial charge >= 0.3 is 0 Å². The van der Waals surface area contributed by atoms with Gasteiger partial charge in [0.15, 0.2) is 0 Å². The number of aromatic nitrogens is 2. The fourth-order valence-electron chi connectivity index (χ4n) is 2.97. The van der Waals surface area contributed by atoms with Gasteiger partial charge in [0, 0.05) is 44.0 Å². The third kappa shape index (κ3) is 3.79. The fraction of sp³-hybridized carbons (Fsp3) is 0.412. The summed E-state index contributed by atoms with van der Waals surface area (Å²) in [6.45, 7) is 7.72. The molecular weight excluding hydrogens is 315 g/mol. The van der Waals surface area contributed by atoms with Crippen LogP contribution in [-0.2, 0) is 0 Å². The smallest absolute Gasteiger partial charge is 0.224 e. The maximum atomic E-state index is 13.1. The van der Waals surface area contributed by atoms with Crippen LogP contribution in [0.4, 0.5) is 10.2 Å². The summed E-state index contributed by atoms with van der Waals surface area (Å²) in [6, 6.07) is 9.00. The molecule has 0 spiro atoms. The van der Waals surface area contributed by atoms with Gasteiger partial charge in [-0.1, -0.05) is 12.1 Å². The van der Waals surface area contributed by atoms with Crippen LogP contribution in [0.2, 0.25) is 5.28 Å². The Bertz CT molecular complexity index is 649. The van der Waals surface area contributed by atoms with Crippen LogP contribution in [0.25, 0.3) is 0 Å². The summed E-state index contributed by atoms with van der Waals surface area (Å²) < 4.78 is 13.1. The van der Waals surface area contributed by atoms with Gasteiger partial charge in [-0.3, -0.25) is 4.90 Å². The molecule has 0 N–H and O–H groups in total. The Morgan fingerprint density at radius 3 is 2.35 bits per heavy atom. The van der Waals surface area contributed by atoms with Gasteiger partial charge in [-0.2, -0.15) is 0 Å². The molecule has 122 valence electrons. The van der Waals surface area contributed by atoms with Crippen molar-refractivity contribution in [1.82, 2.24) is 14.9 Å². The fourth-order valence-corrected chi connectivity index (χ4v) is 3.19. The van der Waals surface area contributed by atoms with Crippen LogP contribution in [0.15, 0.2) is 30.3 Å². The molecule has 0 bridgehead atoms. The number of piperazine rings is 1. The van der Waals surface area contributed by atoms with Gasteiger partial charge in [-0.25, -0.2) is 14.4 Å². The van der Waals surface area contributed by atoms with Gasteiger partial charge in [-0.05, 0) is 43.1 Å². The van der Waals surface area contributed by atoms with Crippen molar-refractivity contribution in [2.45, 2.75) is 19.9 Å². The molecule has 1 unspecified atom stereocenters. The second-order valence-electron chi connectivity index (χ2n) is 5.89. The van der Waals surface area contributed by atoms with Crippen molar-refractivity contribution in [2.24, 2.45) is 0 Å². The van der Waals surface area contributed by atoms with E-state index in [4.69, 9.17) is 11.6 Å². The molecule has 1 fully saturated rings. The van der Waals surface area contributed by atoms with E-state index in [1.54, 1.807) is 0 Å². The van der Waals surface area contributed by atoms with Gasteiger partial charge in [0.05, 0.1) is 0 Å². The number of hydrogen-bond donors (Lipinski definition) is 0. The van der Waals surface area contributed by atoms with Crippen molar-refractivity contribution in [3.05, 3.63) is 52.7 Å². The van der Waals surface area contributed by atoms with E-state index in [0.717, 1.165) is 43.3 Å². The van der Waals surface area contributed by atoms with Gasteiger partial charge in [0.2, 0.25) is 5.28 Å². The summed E-state index contributed by atoms with van der Waals surface area (Å²) in [4.78, 5) is 13.1. The average Bonchev–Trinajstić information content (AvgIpc) is 2.54.